The summed E-state index contributed by atoms with van der Waals surface area (Å²) in [5.74, 6) is -44.8. The zero-order chi connectivity index (χ0) is 37.0. The van der Waals surface area contributed by atoms with Gasteiger partial charge in [0.25, 0.3) is 0 Å². The first-order valence-corrected chi connectivity index (χ1v) is 15.1. The fourth-order valence-corrected chi connectivity index (χ4v) is 13.5. The molecule has 0 fully saturated rings. The second-order valence-electron chi connectivity index (χ2n) is 13.8. The van der Waals surface area contributed by atoms with Crippen LogP contribution >= 0.6 is 7.92 Å². The summed E-state index contributed by atoms with van der Waals surface area (Å²) in [6.45, 7) is 16.4. The molecule has 0 bridgehead atoms. The Kier molecular flexibility index (Phi) is 11.6. The van der Waals surface area contributed by atoms with Crippen LogP contribution in [0.5, 0.6) is 0 Å². The van der Waals surface area contributed by atoms with E-state index in [4.69, 9.17) is 0 Å². The molecule has 0 spiro atoms. The predicted octanol–water partition coefficient (Wildman–Crippen LogP) is 8.62. The van der Waals surface area contributed by atoms with Crippen molar-refractivity contribution in [3.05, 3.63) is 87.3 Å². The minimum Gasteiger partial charge on any atom is -0.207 e. The highest BCUT2D eigenvalue weighted by atomic mass is 31.1. The van der Waals surface area contributed by atoms with Gasteiger partial charge < -0.3 is 0 Å². The molecular weight excluding hydrogens is 687 g/mol. The summed E-state index contributed by atoms with van der Waals surface area (Å²) in [7, 11) is -0.391. The van der Waals surface area contributed by atoms with E-state index in [0.717, 1.165) is 0 Å². The highest BCUT2D eigenvalue weighted by molar-refractivity contribution is 7.62. The molecule has 0 amide bonds. The molecule has 0 saturated carbocycles. The molecule has 0 aromatic heterocycles. The maximum absolute atomic E-state index is 14.4. The fraction of sp³-hybridized carbons (Fsp3) is 0.400. The molecule has 3 aromatic carbocycles. The normalized spacial score (nSPS) is 12.6. The van der Waals surface area contributed by atoms with Gasteiger partial charge in [-0.2, -0.15) is 0 Å². The van der Waals surface area contributed by atoms with Crippen molar-refractivity contribution < 1.29 is 65.9 Å². The van der Waals surface area contributed by atoms with Gasteiger partial charge in [-0.1, -0.05) is 0 Å². The minimum atomic E-state index is -5.16. The van der Waals surface area contributed by atoms with Gasteiger partial charge in [0.1, 0.15) is 34.9 Å². The highest BCUT2D eigenvalue weighted by Crippen LogP contribution is 2.66. The number of hydrogen-bond acceptors (Lipinski definition) is 0. The Labute approximate surface area is 262 Å². The lowest BCUT2D eigenvalue weighted by Gasteiger charge is -2.42. The summed E-state index contributed by atoms with van der Waals surface area (Å²) in [5.41, 5.74) is -7.78. The van der Waals surface area contributed by atoms with Gasteiger partial charge in [0, 0.05) is 7.92 Å². The van der Waals surface area contributed by atoms with Crippen molar-refractivity contribution in [1.29, 1.82) is 0 Å². The molecule has 0 aliphatic rings. The third-order valence-corrected chi connectivity index (χ3v) is 11.7. The Morgan fingerprint density at radius 1 is 0.277 bits per heavy atom. The van der Waals surface area contributed by atoms with Crippen molar-refractivity contribution in [1.82, 2.24) is 0 Å². The molecule has 262 valence electrons. The molecule has 0 nitrogen and oxygen atoms in total. The summed E-state index contributed by atoms with van der Waals surface area (Å²) in [5, 5.41) is 1.46. The molecule has 0 saturated heterocycles. The second kappa shape index (κ2) is 13.5. The van der Waals surface area contributed by atoms with Gasteiger partial charge >= 0.3 is 0 Å². The lowest BCUT2D eigenvalue weighted by Crippen LogP contribution is -2.60. The van der Waals surface area contributed by atoms with E-state index in [1.54, 1.807) is 0 Å². The van der Waals surface area contributed by atoms with Crippen LogP contribution in [0.1, 0.15) is 62.3 Å². The summed E-state index contributed by atoms with van der Waals surface area (Å²) >= 11 is 0. The van der Waals surface area contributed by atoms with Crippen LogP contribution in [0, 0.1) is 87.3 Å². The quantitative estimate of drug-likeness (QED) is 0.0838. The van der Waals surface area contributed by atoms with Crippen LogP contribution in [0.2, 0.25) is 0 Å². The van der Waals surface area contributed by atoms with Gasteiger partial charge in [0.15, 0.2) is 52.4 Å². The van der Waals surface area contributed by atoms with Crippen molar-refractivity contribution >= 4 is 31.0 Å². The van der Waals surface area contributed by atoms with Crippen molar-refractivity contribution in [3.8, 4) is 0 Å². The van der Waals surface area contributed by atoms with Crippen LogP contribution in [0.4, 0.5) is 65.9 Å². The maximum atomic E-state index is 14.4. The first kappa shape index (κ1) is 40.3. The monoisotopic (exact) mass is 716 g/mol. The van der Waals surface area contributed by atoms with Gasteiger partial charge in [0.05, 0.1) is 22.2 Å². The van der Waals surface area contributed by atoms with Gasteiger partial charge in [-0.05, 0) is 62.3 Å². The van der Waals surface area contributed by atoms with Crippen LogP contribution in [0.3, 0.4) is 0 Å². The van der Waals surface area contributed by atoms with E-state index in [9.17, 15) is 65.9 Å². The van der Waals surface area contributed by atoms with E-state index in [-0.39, 0.29) is 0 Å². The summed E-state index contributed by atoms with van der Waals surface area (Å²) in [6.07, 6.45) is 0. The average molecular weight is 716 g/mol. The van der Waals surface area contributed by atoms with Crippen LogP contribution < -0.4 is 16.4 Å². The van der Waals surface area contributed by atoms with Crippen LogP contribution in [-0.4, -0.2) is 22.2 Å². The zero-order valence-electron chi connectivity index (χ0n) is 26.4. The van der Waals surface area contributed by atoms with E-state index in [1.165, 1.54) is 0 Å². The molecular formula is C30H29BF15P. The average Bonchev–Trinajstić information content (AvgIpc) is 2.92. The molecule has 0 aliphatic heterocycles. The molecule has 3 rings (SSSR count). The van der Waals surface area contributed by atoms with Crippen molar-refractivity contribution in [3.63, 3.8) is 0 Å². The Bertz CT molecular complexity index is 1420. The number of benzene rings is 3. The van der Waals surface area contributed by atoms with E-state index in [0.29, 0.717) is 15.5 Å². The Morgan fingerprint density at radius 2 is 0.404 bits per heavy atom. The van der Waals surface area contributed by atoms with E-state index < -0.39 is 118 Å². The van der Waals surface area contributed by atoms with Crippen molar-refractivity contribution in [2.24, 2.45) is 0 Å². The smallest absolute Gasteiger partial charge is 0.200 e. The van der Waals surface area contributed by atoms with E-state index in [1.807, 2.05) is 0 Å². The van der Waals surface area contributed by atoms with E-state index >= 15 is 0 Å². The molecule has 0 atom stereocenters. The summed E-state index contributed by atoms with van der Waals surface area (Å²) < 4.78 is 209. The second-order valence-corrected chi connectivity index (χ2v) is 19.1. The molecule has 17 heteroatoms. The summed E-state index contributed by atoms with van der Waals surface area (Å²) in [4.78, 5) is 0. The number of halogens is 15. The van der Waals surface area contributed by atoms with Gasteiger partial charge in [-0.3, -0.25) is 0 Å². The molecule has 0 aliphatic carbocycles. The number of rotatable bonds is 3. The molecule has 3 aromatic rings. The Morgan fingerprint density at radius 3 is 0.511 bits per heavy atom. The molecule has 0 unspecified atom stereocenters. The summed E-state index contributed by atoms with van der Waals surface area (Å²) in [6, 6.07) is 0. The van der Waals surface area contributed by atoms with Crippen LogP contribution in [-0.2, 0) is 0 Å². The zero-order valence-corrected chi connectivity index (χ0v) is 27.4. The van der Waals surface area contributed by atoms with Gasteiger partial charge in [-0.25, -0.2) is 65.9 Å². The highest BCUT2D eigenvalue weighted by Gasteiger charge is 2.49. The Balaban J connectivity index is 0.000000500. The SMILES string of the molecule is CC(C)(C)[PH+](C(C)(C)C)C(C)(C)C.Fc1c(F)c(F)c([BH-](c2c(F)c(F)c(F)c(F)c2F)c2c(F)c(F)c(F)c(F)c2F)c(F)c1F. The van der Waals surface area contributed by atoms with E-state index in [2.05, 4.69) is 62.3 Å². The van der Waals surface area contributed by atoms with Crippen LogP contribution in [0.15, 0.2) is 0 Å². The Hall–Kier alpha value is -2.90. The number of hydrogen-bond donors (Lipinski definition) is 0. The topological polar surface area (TPSA) is 0 Å². The largest absolute Gasteiger partial charge is 0.207 e. The van der Waals surface area contributed by atoms with Crippen LogP contribution in [0.25, 0.3) is 0 Å². The van der Waals surface area contributed by atoms with Gasteiger partial charge in [0.2, 0.25) is 0 Å². The fourth-order valence-electron chi connectivity index (χ4n) is 6.79. The standard InChI is InChI=1S/C18HBF15.C12H27P/c20-4-1(5(21)11(27)16(32)10(4)26)19(2-6(22)12(28)17(33)13(29)7(2)23)3-8(24)14(30)18(34)15(31)9(3)25;1-10(2,3)13(11(4,5)6)12(7,8)9/h19H;1-9H3/q-1;/p+1. The predicted molar refractivity (Wildman–Crippen MR) is 152 cm³/mol. The molecule has 0 heterocycles. The van der Waals surface area contributed by atoms with Crippen molar-refractivity contribution in [2.45, 2.75) is 77.8 Å². The molecule has 0 N–H and O–H groups in total. The van der Waals surface area contributed by atoms with Gasteiger partial charge in [-0.15, -0.1) is 16.4 Å². The first-order chi connectivity index (χ1) is 21.0. The minimum absolute atomic E-state index is 0.391. The maximum Gasteiger partial charge on any atom is 0.200 e. The third-order valence-electron chi connectivity index (χ3n) is 7.21. The first-order valence-electron chi connectivity index (χ1n) is 13.6. The third kappa shape index (κ3) is 7.42. The lowest BCUT2D eigenvalue weighted by molar-refractivity contribution is 0.380. The van der Waals surface area contributed by atoms with Crippen molar-refractivity contribution in [2.75, 3.05) is 0 Å². The molecule has 0 radical (unpaired) electrons. The molecule has 47 heavy (non-hydrogen) atoms. The lowest BCUT2D eigenvalue weighted by atomic mass is 9.36.